The molecular weight excluding hydrogens is 424 g/mol. The molecule has 0 saturated heterocycles. The molecule has 7 nitrogen and oxygen atoms in total. The van der Waals surface area contributed by atoms with Crippen LogP contribution >= 0.6 is 0 Å². The predicted octanol–water partition coefficient (Wildman–Crippen LogP) is 4.39. The first-order valence-electron chi connectivity index (χ1n) is 10.2. The number of esters is 2. The van der Waals surface area contributed by atoms with Crippen LogP contribution in [0.5, 0.6) is 11.5 Å². The molecule has 1 aliphatic heterocycles. The largest absolute Gasteiger partial charge is 0.507 e. The van der Waals surface area contributed by atoms with Crippen molar-refractivity contribution < 1.29 is 28.6 Å². The van der Waals surface area contributed by atoms with Crippen LogP contribution in [0.25, 0.3) is 22.1 Å². The Morgan fingerprint density at radius 1 is 1.06 bits per heavy atom. The molecule has 1 aromatic heterocycles. The van der Waals surface area contributed by atoms with Gasteiger partial charge in [0.05, 0.1) is 24.7 Å². The van der Waals surface area contributed by atoms with Gasteiger partial charge < -0.3 is 19.0 Å². The average Bonchev–Trinajstić information content (AvgIpc) is 2.83. The van der Waals surface area contributed by atoms with Gasteiger partial charge in [-0.05, 0) is 23.3 Å². The zero-order chi connectivity index (χ0) is 23.1. The number of fused-ring (bicyclic) bond motifs is 3. The number of phenols is 1. The van der Waals surface area contributed by atoms with E-state index < -0.39 is 17.9 Å². The van der Waals surface area contributed by atoms with Crippen LogP contribution in [0.1, 0.15) is 33.8 Å². The molecule has 0 saturated carbocycles. The van der Waals surface area contributed by atoms with E-state index in [9.17, 15) is 19.5 Å². The zero-order valence-corrected chi connectivity index (χ0v) is 17.5. The van der Waals surface area contributed by atoms with Gasteiger partial charge in [0.1, 0.15) is 28.7 Å². The Labute approximate surface area is 187 Å². The van der Waals surface area contributed by atoms with Gasteiger partial charge in [0, 0.05) is 17.5 Å². The smallest absolute Gasteiger partial charge is 0.337 e. The molecule has 0 radical (unpaired) electrons. The highest BCUT2D eigenvalue weighted by Crippen LogP contribution is 2.45. The number of phenolic OH excluding ortho intramolecular Hbond substituents is 1. The second-order valence-corrected chi connectivity index (χ2v) is 7.70. The molecule has 7 heteroatoms. The van der Waals surface area contributed by atoms with Crippen molar-refractivity contribution in [3.63, 3.8) is 0 Å². The predicted molar refractivity (Wildman–Crippen MR) is 119 cm³/mol. The average molecular weight is 442 g/mol. The normalized spacial score (nSPS) is 15.1. The maximum atomic E-state index is 13.3. The van der Waals surface area contributed by atoms with Gasteiger partial charge in [-0.1, -0.05) is 42.5 Å². The lowest BCUT2D eigenvalue weighted by atomic mass is 9.84. The number of benzene rings is 3. The van der Waals surface area contributed by atoms with Crippen molar-refractivity contribution in [3.05, 3.63) is 93.8 Å². The van der Waals surface area contributed by atoms with Gasteiger partial charge in [-0.15, -0.1) is 0 Å². The SMILES string of the molecule is COC(=O)c1ccc([C@@H]2CC(=O)Oc3cc(O)c4c(=O)c(-c5ccccc5)coc4c32)cc1. The van der Waals surface area contributed by atoms with Crippen LogP contribution in [0.15, 0.2) is 76.1 Å². The summed E-state index contributed by atoms with van der Waals surface area (Å²) < 4.78 is 16.0. The van der Waals surface area contributed by atoms with Gasteiger partial charge in [-0.25, -0.2) is 4.79 Å². The Balaban J connectivity index is 1.71. The lowest BCUT2D eigenvalue weighted by Crippen LogP contribution is -2.22. The van der Waals surface area contributed by atoms with Crippen molar-refractivity contribution in [1.29, 1.82) is 0 Å². The molecule has 3 aromatic carbocycles. The van der Waals surface area contributed by atoms with Crippen LogP contribution < -0.4 is 10.2 Å². The number of hydrogen-bond donors (Lipinski definition) is 1. The van der Waals surface area contributed by atoms with Crippen LogP contribution in [-0.2, 0) is 9.53 Å². The molecule has 0 bridgehead atoms. The second kappa shape index (κ2) is 7.94. The number of rotatable bonds is 3. The maximum Gasteiger partial charge on any atom is 0.337 e. The molecule has 2 heterocycles. The van der Waals surface area contributed by atoms with Crippen molar-refractivity contribution in [2.45, 2.75) is 12.3 Å². The summed E-state index contributed by atoms with van der Waals surface area (Å²) >= 11 is 0. The number of aromatic hydroxyl groups is 1. The minimum Gasteiger partial charge on any atom is -0.507 e. The zero-order valence-electron chi connectivity index (χ0n) is 17.5. The second-order valence-electron chi connectivity index (χ2n) is 7.70. The summed E-state index contributed by atoms with van der Waals surface area (Å²) in [6.45, 7) is 0. The van der Waals surface area contributed by atoms with E-state index in [1.807, 2.05) is 6.07 Å². The van der Waals surface area contributed by atoms with E-state index in [0.29, 0.717) is 22.3 Å². The fraction of sp³-hybridized carbons (Fsp3) is 0.115. The summed E-state index contributed by atoms with van der Waals surface area (Å²) in [6, 6.07) is 16.9. The highest BCUT2D eigenvalue weighted by atomic mass is 16.5. The summed E-state index contributed by atoms with van der Waals surface area (Å²) in [5.41, 5.74) is 2.32. The Hall–Kier alpha value is -4.39. The van der Waals surface area contributed by atoms with Gasteiger partial charge in [-0.2, -0.15) is 0 Å². The van der Waals surface area contributed by atoms with Crippen molar-refractivity contribution in [1.82, 2.24) is 0 Å². The molecule has 164 valence electrons. The van der Waals surface area contributed by atoms with Crippen molar-refractivity contribution in [2.75, 3.05) is 7.11 Å². The van der Waals surface area contributed by atoms with E-state index in [0.717, 1.165) is 5.56 Å². The van der Waals surface area contributed by atoms with E-state index >= 15 is 0 Å². The minimum absolute atomic E-state index is 0.00853. The quantitative estimate of drug-likeness (QED) is 0.371. The van der Waals surface area contributed by atoms with E-state index in [2.05, 4.69) is 0 Å². The Kier molecular flexibility index (Phi) is 4.94. The van der Waals surface area contributed by atoms with Crippen LogP contribution in [0.2, 0.25) is 0 Å². The van der Waals surface area contributed by atoms with Gasteiger partial charge in [0.25, 0.3) is 0 Å². The maximum absolute atomic E-state index is 13.3. The Bertz CT molecular complexity index is 1450. The molecular formula is C26H18O7. The highest BCUT2D eigenvalue weighted by molar-refractivity contribution is 5.94. The van der Waals surface area contributed by atoms with Crippen LogP contribution in [0.3, 0.4) is 0 Å². The van der Waals surface area contributed by atoms with Gasteiger partial charge in [0.15, 0.2) is 0 Å². The molecule has 1 atom stereocenters. The van der Waals surface area contributed by atoms with Gasteiger partial charge in [0.2, 0.25) is 5.43 Å². The molecule has 5 rings (SSSR count). The fourth-order valence-corrected chi connectivity index (χ4v) is 4.20. The molecule has 0 unspecified atom stereocenters. The minimum atomic E-state index is -0.498. The van der Waals surface area contributed by atoms with Crippen molar-refractivity contribution >= 4 is 22.9 Å². The van der Waals surface area contributed by atoms with Crippen LogP contribution in [0, 0.1) is 0 Å². The van der Waals surface area contributed by atoms with E-state index in [-0.39, 0.29) is 34.3 Å². The van der Waals surface area contributed by atoms with Crippen molar-refractivity contribution in [2.24, 2.45) is 0 Å². The van der Waals surface area contributed by atoms with E-state index in [4.69, 9.17) is 13.9 Å². The van der Waals surface area contributed by atoms with Crippen molar-refractivity contribution in [3.8, 4) is 22.6 Å². The lowest BCUT2D eigenvalue weighted by molar-refractivity contribution is -0.135. The monoisotopic (exact) mass is 442 g/mol. The molecule has 0 spiro atoms. The van der Waals surface area contributed by atoms with Gasteiger partial charge >= 0.3 is 11.9 Å². The number of carbonyl (C=O) groups excluding carboxylic acids is 2. The third kappa shape index (κ3) is 3.43. The third-order valence-electron chi connectivity index (χ3n) is 5.79. The summed E-state index contributed by atoms with van der Waals surface area (Å²) in [5, 5.41) is 10.7. The summed E-state index contributed by atoms with van der Waals surface area (Å²) in [5.74, 6) is -1.65. The first-order valence-corrected chi connectivity index (χ1v) is 10.2. The molecule has 1 N–H and O–H groups in total. The number of methoxy groups -OCH3 is 1. The number of ether oxygens (including phenoxy) is 2. The topological polar surface area (TPSA) is 103 Å². The molecule has 0 aliphatic carbocycles. The Morgan fingerprint density at radius 3 is 2.48 bits per heavy atom. The van der Waals surface area contributed by atoms with E-state index in [1.165, 1.54) is 19.4 Å². The summed E-state index contributed by atoms with van der Waals surface area (Å²) in [4.78, 5) is 37.4. The molecule has 4 aromatic rings. The summed E-state index contributed by atoms with van der Waals surface area (Å²) in [6.07, 6.45) is 1.36. The first kappa shape index (κ1) is 20.5. The molecule has 33 heavy (non-hydrogen) atoms. The Morgan fingerprint density at radius 2 is 1.79 bits per heavy atom. The fourth-order valence-electron chi connectivity index (χ4n) is 4.20. The summed E-state index contributed by atoms with van der Waals surface area (Å²) in [7, 11) is 1.30. The lowest BCUT2D eigenvalue weighted by Gasteiger charge is -2.26. The molecule has 0 amide bonds. The van der Waals surface area contributed by atoms with Crippen LogP contribution in [-0.4, -0.2) is 24.2 Å². The third-order valence-corrected chi connectivity index (χ3v) is 5.79. The highest BCUT2D eigenvalue weighted by Gasteiger charge is 2.33. The van der Waals surface area contributed by atoms with Gasteiger partial charge in [-0.3, -0.25) is 9.59 Å². The first-order chi connectivity index (χ1) is 16.0. The van der Waals surface area contributed by atoms with E-state index in [1.54, 1.807) is 48.5 Å². The standard InChI is InChI=1S/C26H18O7/c1-31-26(30)16-9-7-15(8-10-16)17-11-21(28)33-20-12-19(27)23-24(29)18(13-32-25(23)22(17)20)14-5-3-2-4-6-14/h2-10,12-13,17,27H,11H2,1H3/t17-/m0/s1. The number of carbonyl (C=O) groups is 2. The molecule has 0 fully saturated rings. The molecule has 1 aliphatic rings. The number of hydrogen-bond acceptors (Lipinski definition) is 7. The van der Waals surface area contributed by atoms with Crippen LogP contribution in [0.4, 0.5) is 0 Å².